The predicted octanol–water partition coefficient (Wildman–Crippen LogP) is 3.30. The molecule has 3 rings (SSSR count). The van der Waals surface area contributed by atoms with E-state index in [4.69, 9.17) is 4.74 Å². The van der Waals surface area contributed by atoms with Crippen molar-refractivity contribution in [3.05, 3.63) is 0 Å². The van der Waals surface area contributed by atoms with E-state index in [1.54, 1.807) is 0 Å². The highest BCUT2D eigenvalue weighted by molar-refractivity contribution is 5.76. The lowest BCUT2D eigenvalue weighted by Gasteiger charge is -2.33. The molecular formula is C20H36N2O2. The molecule has 138 valence electrons. The molecule has 0 bridgehead atoms. The number of rotatable bonds is 4. The number of hydrogen-bond donors (Lipinski definition) is 0. The number of carbonyl (C=O) groups is 1. The molecule has 24 heavy (non-hydrogen) atoms. The molecule has 0 spiro atoms. The Morgan fingerprint density at radius 1 is 1.04 bits per heavy atom. The first-order valence-corrected chi connectivity index (χ1v) is 10.3. The fourth-order valence-electron chi connectivity index (χ4n) is 4.75. The van der Waals surface area contributed by atoms with Gasteiger partial charge in [0.2, 0.25) is 5.91 Å². The Bertz CT molecular complexity index is 406. The van der Waals surface area contributed by atoms with E-state index in [0.717, 1.165) is 58.0 Å². The fraction of sp³-hybridized carbons (Fsp3) is 0.950. The molecule has 1 amide bonds. The third-order valence-electron chi connectivity index (χ3n) is 6.35. The summed E-state index contributed by atoms with van der Waals surface area (Å²) in [6.07, 6.45) is 9.86. The zero-order chi connectivity index (χ0) is 16.9. The maximum absolute atomic E-state index is 12.8. The summed E-state index contributed by atoms with van der Waals surface area (Å²) in [5, 5.41) is 0. The normalized spacial score (nSPS) is 30.7. The topological polar surface area (TPSA) is 32.8 Å². The highest BCUT2D eigenvalue weighted by Crippen LogP contribution is 2.28. The first-order valence-electron chi connectivity index (χ1n) is 10.3. The summed E-state index contributed by atoms with van der Waals surface area (Å²) in [6, 6.07) is 0.794. The summed E-state index contributed by atoms with van der Waals surface area (Å²) < 4.78 is 5.86. The standard InChI is InChI=1S/C20H36N2O2/c1-16(2)19-14-17(8-13-24-19)15-20(23)22-10-5-9-21(11-12-22)18-6-3-4-7-18/h16-19H,3-15H2,1-2H3/t17-,19-/m0/s1. The molecule has 2 aliphatic heterocycles. The van der Waals surface area contributed by atoms with Crippen LogP contribution in [0.25, 0.3) is 0 Å². The van der Waals surface area contributed by atoms with Crippen molar-refractivity contribution in [2.45, 2.75) is 77.4 Å². The fourth-order valence-corrected chi connectivity index (χ4v) is 4.75. The van der Waals surface area contributed by atoms with Gasteiger partial charge in [0.1, 0.15) is 0 Å². The molecule has 4 heteroatoms. The van der Waals surface area contributed by atoms with Crippen LogP contribution in [-0.2, 0) is 9.53 Å². The highest BCUT2D eigenvalue weighted by Gasteiger charge is 2.30. The van der Waals surface area contributed by atoms with Gasteiger partial charge in [0, 0.05) is 45.2 Å². The lowest BCUT2D eigenvalue weighted by molar-refractivity contribution is -0.133. The molecule has 1 saturated carbocycles. The van der Waals surface area contributed by atoms with Gasteiger partial charge in [0.15, 0.2) is 0 Å². The van der Waals surface area contributed by atoms with Crippen LogP contribution in [0.1, 0.15) is 65.2 Å². The van der Waals surface area contributed by atoms with Gasteiger partial charge < -0.3 is 9.64 Å². The van der Waals surface area contributed by atoms with Crippen LogP contribution in [0.4, 0.5) is 0 Å². The van der Waals surface area contributed by atoms with Gasteiger partial charge >= 0.3 is 0 Å². The first kappa shape index (κ1) is 18.2. The van der Waals surface area contributed by atoms with E-state index < -0.39 is 0 Å². The van der Waals surface area contributed by atoms with Crippen LogP contribution in [0.2, 0.25) is 0 Å². The van der Waals surface area contributed by atoms with E-state index in [0.29, 0.717) is 23.8 Å². The van der Waals surface area contributed by atoms with E-state index in [2.05, 4.69) is 23.6 Å². The van der Waals surface area contributed by atoms with E-state index in [1.165, 1.54) is 32.2 Å². The van der Waals surface area contributed by atoms with E-state index >= 15 is 0 Å². The van der Waals surface area contributed by atoms with Gasteiger partial charge in [-0.3, -0.25) is 9.69 Å². The molecule has 0 unspecified atom stereocenters. The second kappa shape index (κ2) is 8.66. The molecule has 4 nitrogen and oxygen atoms in total. The molecule has 0 aromatic heterocycles. The lowest BCUT2D eigenvalue weighted by Crippen LogP contribution is -2.39. The number of ether oxygens (including phenoxy) is 1. The highest BCUT2D eigenvalue weighted by atomic mass is 16.5. The van der Waals surface area contributed by atoms with E-state index in [-0.39, 0.29) is 0 Å². The van der Waals surface area contributed by atoms with Crippen molar-refractivity contribution in [3.63, 3.8) is 0 Å². The summed E-state index contributed by atoms with van der Waals surface area (Å²) in [6.45, 7) is 9.43. The Balaban J connectivity index is 1.46. The van der Waals surface area contributed by atoms with Crippen molar-refractivity contribution in [2.24, 2.45) is 11.8 Å². The molecular weight excluding hydrogens is 300 g/mol. The molecule has 2 atom stereocenters. The van der Waals surface area contributed by atoms with Crippen LogP contribution in [-0.4, -0.2) is 60.6 Å². The molecule has 2 saturated heterocycles. The van der Waals surface area contributed by atoms with Crippen LogP contribution in [0, 0.1) is 11.8 Å². The lowest BCUT2D eigenvalue weighted by atomic mass is 9.88. The molecule has 0 aromatic carbocycles. The summed E-state index contributed by atoms with van der Waals surface area (Å²) in [5.41, 5.74) is 0. The quantitative estimate of drug-likeness (QED) is 0.790. The van der Waals surface area contributed by atoms with Crippen molar-refractivity contribution >= 4 is 5.91 Å². The maximum atomic E-state index is 12.8. The second-order valence-electron chi connectivity index (χ2n) is 8.46. The number of carbonyl (C=O) groups excluding carboxylic acids is 1. The average molecular weight is 337 g/mol. The number of nitrogens with zero attached hydrogens (tertiary/aromatic N) is 2. The van der Waals surface area contributed by atoms with Gasteiger partial charge in [0.05, 0.1) is 6.10 Å². The molecule has 3 aliphatic rings. The van der Waals surface area contributed by atoms with Gasteiger partial charge in [-0.05, 0) is 43.9 Å². The van der Waals surface area contributed by atoms with Gasteiger partial charge in [-0.2, -0.15) is 0 Å². The zero-order valence-corrected chi connectivity index (χ0v) is 15.7. The molecule has 1 aliphatic carbocycles. The van der Waals surface area contributed by atoms with Gasteiger partial charge in [-0.25, -0.2) is 0 Å². The summed E-state index contributed by atoms with van der Waals surface area (Å²) in [5.74, 6) is 1.46. The van der Waals surface area contributed by atoms with Gasteiger partial charge in [0.25, 0.3) is 0 Å². The van der Waals surface area contributed by atoms with Crippen LogP contribution >= 0.6 is 0 Å². The zero-order valence-electron chi connectivity index (χ0n) is 15.7. The van der Waals surface area contributed by atoms with E-state index in [9.17, 15) is 4.79 Å². The third kappa shape index (κ3) is 4.72. The molecule has 3 fully saturated rings. The summed E-state index contributed by atoms with van der Waals surface area (Å²) in [4.78, 5) is 17.6. The van der Waals surface area contributed by atoms with Gasteiger partial charge in [-0.1, -0.05) is 26.7 Å². The monoisotopic (exact) mass is 336 g/mol. The Labute approximate surface area is 147 Å². The summed E-state index contributed by atoms with van der Waals surface area (Å²) >= 11 is 0. The summed E-state index contributed by atoms with van der Waals surface area (Å²) in [7, 11) is 0. The van der Waals surface area contributed by atoms with Crippen LogP contribution in [0.3, 0.4) is 0 Å². The Morgan fingerprint density at radius 3 is 2.58 bits per heavy atom. The molecule has 0 N–H and O–H groups in total. The third-order valence-corrected chi connectivity index (χ3v) is 6.35. The Kier molecular flexibility index (Phi) is 6.56. The van der Waals surface area contributed by atoms with E-state index in [1.807, 2.05) is 0 Å². The van der Waals surface area contributed by atoms with Crippen molar-refractivity contribution in [2.75, 3.05) is 32.8 Å². The van der Waals surface area contributed by atoms with Crippen molar-refractivity contribution < 1.29 is 9.53 Å². The van der Waals surface area contributed by atoms with Crippen molar-refractivity contribution in [1.82, 2.24) is 9.80 Å². The molecule has 2 heterocycles. The molecule has 0 aromatic rings. The minimum atomic E-state index is 0.346. The average Bonchev–Trinajstić information content (AvgIpc) is 2.99. The largest absolute Gasteiger partial charge is 0.378 e. The predicted molar refractivity (Wildman–Crippen MR) is 96.9 cm³/mol. The smallest absolute Gasteiger partial charge is 0.222 e. The van der Waals surface area contributed by atoms with Gasteiger partial charge in [-0.15, -0.1) is 0 Å². The van der Waals surface area contributed by atoms with Crippen LogP contribution in [0.5, 0.6) is 0 Å². The minimum absolute atomic E-state index is 0.346. The Morgan fingerprint density at radius 2 is 1.83 bits per heavy atom. The minimum Gasteiger partial charge on any atom is -0.378 e. The Hall–Kier alpha value is -0.610. The number of amides is 1. The van der Waals surface area contributed by atoms with Crippen LogP contribution in [0.15, 0.2) is 0 Å². The van der Waals surface area contributed by atoms with Crippen LogP contribution < -0.4 is 0 Å². The van der Waals surface area contributed by atoms with Crippen molar-refractivity contribution in [3.8, 4) is 0 Å². The second-order valence-corrected chi connectivity index (χ2v) is 8.46. The molecule has 0 radical (unpaired) electrons. The SMILES string of the molecule is CC(C)[C@@H]1C[C@@H](CC(=O)N2CCCN(C3CCCC3)CC2)CCO1. The number of hydrogen-bond acceptors (Lipinski definition) is 3. The first-order chi connectivity index (χ1) is 11.6. The van der Waals surface area contributed by atoms with Crippen molar-refractivity contribution in [1.29, 1.82) is 0 Å². The maximum Gasteiger partial charge on any atom is 0.222 e.